The van der Waals surface area contributed by atoms with E-state index >= 15 is 0 Å². The first-order valence-electron chi connectivity index (χ1n) is 4.45. The zero-order valence-corrected chi connectivity index (χ0v) is 10.5. The lowest BCUT2D eigenvalue weighted by Crippen LogP contribution is -1.81. The summed E-state index contributed by atoms with van der Waals surface area (Å²) in [5.74, 6) is 0. The fraction of sp³-hybridized carbons (Fsp3) is 0.0909. The molecule has 0 bridgehead atoms. The lowest BCUT2D eigenvalue weighted by molar-refractivity contribution is 1.14. The van der Waals surface area contributed by atoms with E-state index in [0.29, 0.717) is 0 Å². The van der Waals surface area contributed by atoms with Crippen molar-refractivity contribution in [1.29, 1.82) is 0 Å². The first-order valence-corrected chi connectivity index (χ1v) is 6.06. The minimum atomic E-state index is 0.993. The maximum Gasteiger partial charge on any atom is 0.0411 e. The van der Waals surface area contributed by atoms with Crippen LogP contribution < -0.4 is 0 Å². The topological polar surface area (TPSA) is 25.8 Å². The van der Waals surface area contributed by atoms with Crippen LogP contribution in [0, 0.1) is 6.92 Å². The van der Waals surface area contributed by atoms with Crippen LogP contribution in [0.3, 0.4) is 0 Å². The Morgan fingerprint density at radius 1 is 1.13 bits per heavy atom. The highest BCUT2D eigenvalue weighted by Crippen LogP contribution is 2.27. The number of aromatic nitrogens is 2. The molecule has 2 heterocycles. The number of halogens is 1. The van der Waals surface area contributed by atoms with Crippen LogP contribution in [0.5, 0.6) is 0 Å². The molecule has 2 rings (SSSR count). The van der Waals surface area contributed by atoms with Gasteiger partial charge in [0.15, 0.2) is 0 Å². The maximum atomic E-state index is 4.24. The summed E-state index contributed by atoms with van der Waals surface area (Å²) in [6, 6.07) is 6.11. The Bertz CT molecular complexity index is 456. The van der Waals surface area contributed by atoms with Gasteiger partial charge in [-0.05, 0) is 41.1 Å². The van der Waals surface area contributed by atoms with E-state index in [4.69, 9.17) is 0 Å². The molecule has 0 aromatic carbocycles. The molecule has 0 unspecified atom stereocenters. The second-order valence-corrected chi connectivity index (χ2v) is 5.14. The van der Waals surface area contributed by atoms with E-state index in [2.05, 4.69) is 32.0 Å². The van der Waals surface area contributed by atoms with E-state index in [1.807, 2.05) is 31.5 Å². The lowest BCUT2D eigenvalue weighted by Gasteiger charge is -2.01. The Morgan fingerprint density at radius 2 is 2.00 bits per heavy atom. The Balaban J connectivity index is 2.18. The first kappa shape index (κ1) is 10.6. The molecule has 0 fully saturated rings. The van der Waals surface area contributed by atoms with Gasteiger partial charge < -0.3 is 0 Å². The molecular formula is C11H9BrN2S. The van der Waals surface area contributed by atoms with Crippen molar-refractivity contribution in [1.82, 2.24) is 9.97 Å². The third-order valence-corrected chi connectivity index (χ3v) is 3.17. The second kappa shape index (κ2) is 4.77. The number of nitrogens with zero attached hydrogens (tertiary/aromatic N) is 2. The largest absolute Gasteiger partial charge is 0.262 e. The summed E-state index contributed by atoms with van der Waals surface area (Å²) in [5.41, 5.74) is 1.03. The van der Waals surface area contributed by atoms with Crippen LogP contribution in [-0.2, 0) is 0 Å². The van der Waals surface area contributed by atoms with E-state index in [0.717, 1.165) is 20.0 Å². The lowest BCUT2D eigenvalue weighted by atomic mass is 10.4. The van der Waals surface area contributed by atoms with Crippen LogP contribution in [-0.4, -0.2) is 9.97 Å². The van der Waals surface area contributed by atoms with Gasteiger partial charge in [0.05, 0.1) is 0 Å². The number of rotatable bonds is 2. The highest BCUT2D eigenvalue weighted by atomic mass is 79.9. The molecule has 0 radical (unpaired) electrons. The predicted molar refractivity (Wildman–Crippen MR) is 65.0 cm³/mol. The fourth-order valence-corrected chi connectivity index (χ4v) is 2.43. The van der Waals surface area contributed by atoms with Crippen molar-refractivity contribution in [3.8, 4) is 0 Å². The number of pyridine rings is 2. The summed E-state index contributed by atoms with van der Waals surface area (Å²) in [7, 11) is 0. The zero-order valence-electron chi connectivity index (χ0n) is 8.14. The molecule has 0 saturated heterocycles. The quantitative estimate of drug-likeness (QED) is 0.839. The van der Waals surface area contributed by atoms with Gasteiger partial charge in [-0.2, -0.15) is 0 Å². The van der Waals surface area contributed by atoms with Crippen LogP contribution in [0.2, 0.25) is 0 Å². The van der Waals surface area contributed by atoms with Crippen molar-refractivity contribution in [3.63, 3.8) is 0 Å². The van der Waals surface area contributed by atoms with Crippen molar-refractivity contribution in [2.45, 2.75) is 16.7 Å². The van der Waals surface area contributed by atoms with Crippen molar-refractivity contribution < 1.29 is 0 Å². The van der Waals surface area contributed by atoms with Gasteiger partial charge in [0, 0.05) is 38.5 Å². The Morgan fingerprint density at radius 3 is 2.67 bits per heavy atom. The Hall–Kier alpha value is -0.870. The van der Waals surface area contributed by atoms with Gasteiger partial charge in [-0.1, -0.05) is 11.8 Å². The van der Waals surface area contributed by atoms with Crippen LogP contribution in [0.15, 0.2) is 51.1 Å². The fourth-order valence-electron chi connectivity index (χ4n) is 1.10. The smallest absolute Gasteiger partial charge is 0.0411 e. The summed E-state index contributed by atoms with van der Waals surface area (Å²) in [5, 5.41) is 0. The van der Waals surface area contributed by atoms with Crippen LogP contribution in [0.1, 0.15) is 5.69 Å². The van der Waals surface area contributed by atoms with Gasteiger partial charge in [0.2, 0.25) is 0 Å². The molecule has 0 aliphatic rings. The minimum absolute atomic E-state index is 0.993. The van der Waals surface area contributed by atoms with Gasteiger partial charge in [-0.3, -0.25) is 9.97 Å². The monoisotopic (exact) mass is 280 g/mol. The molecule has 0 saturated carbocycles. The molecule has 0 aliphatic heterocycles. The van der Waals surface area contributed by atoms with Crippen molar-refractivity contribution in [2.24, 2.45) is 0 Å². The molecule has 2 aromatic heterocycles. The molecule has 4 heteroatoms. The average Bonchev–Trinajstić information content (AvgIpc) is 2.22. The van der Waals surface area contributed by atoms with Gasteiger partial charge in [-0.15, -0.1) is 0 Å². The van der Waals surface area contributed by atoms with E-state index in [1.54, 1.807) is 18.0 Å². The summed E-state index contributed by atoms with van der Waals surface area (Å²) >= 11 is 5.05. The average molecular weight is 281 g/mol. The van der Waals surface area contributed by atoms with E-state index < -0.39 is 0 Å². The highest BCUT2D eigenvalue weighted by molar-refractivity contribution is 9.10. The van der Waals surface area contributed by atoms with E-state index in [1.165, 1.54) is 0 Å². The molecule has 0 N–H and O–H groups in total. The molecule has 76 valence electrons. The van der Waals surface area contributed by atoms with Crippen molar-refractivity contribution in [2.75, 3.05) is 0 Å². The van der Waals surface area contributed by atoms with Crippen molar-refractivity contribution in [3.05, 3.63) is 47.0 Å². The number of aryl methyl sites for hydroxylation is 1. The van der Waals surface area contributed by atoms with Gasteiger partial charge >= 0.3 is 0 Å². The summed E-state index contributed by atoms with van der Waals surface area (Å²) in [6.07, 6.45) is 5.49. The zero-order chi connectivity index (χ0) is 10.7. The molecular weight excluding hydrogens is 272 g/mol. The molecule has 2 aromatic rings. The standard InChI is InChI=1S/C11H9BrN2S/c1-8-2-3-10(7-14-8)15-11-4-9(12)5-13-6-11/h2-7H,1H3. The summed E-state index contributed by atoms with van der Waals surface area (Å²) in [6.45, 7) is 1.98. The normalized spacial score (nSPS) is 10.3. The molecule has 2 nitrogen and oxygen atoms in total. The second-order valence-electron chi connectivity index (χ2n) is 3.08. The Kier molecular flexibility index (Phi) is 3.38. The molecule has 0 atom stereocenters. The van der Waals surface area contributed by atoms with Gasteiger partial charge in [0.1, 0.15) is 0 Å². The highest BCUT2D eigenvalue weighted by Gasteiger charge is 1.98. The third-order valence-electron chi connectivity index (χ3n) is 1.80. The first-order chi connectivity index (χ1) is 7.24. The van der Waals surface area contributed by atoms with Gasteiger partial charge in [0.25, 0.3) is 0 Å². The minimum Gasteiger partial charge on any atom is -0.262 e. The summed E-state index contributed by atoms with van der Waals surface area (Å²) < 4.78 is 0.993. The Labute approximate surface area is 101 Å². The molecule has 15 heavy (non-hydrogen) atoms. The van der Waals surface area contributed by atoms with E-state index in [9.17, 15) is 0 Å². The van der Waals surface area contributed by atoms with Crippen LogP contribution in [0.4, 0.5) is 0 Å². The van der Waals surface area contributed by atoms with Gasteiger partial charge in [-0.25, -0.2) is 0 Å². The third kappa shape index (κ3) is 3.04. The molecule has 0 amide bonds. The van der Waals surface area contributed by atoms with Crippen LogP contribution >= 0.6 is 27.7 Å². The molecule has 0 spiro atoms. The van der Waals surface area contributed by atoms with E-state index in [-0.39, 0.29) is 0 Å². The van der Waals surface area contributed by atoms with Crippen LogP contribution in [0.25, 0.3) is 0 Å². The predicted octanol–water partition coefficient (Wildman–Crippen LogP) is 3.70. The van der Waals surface area contributed by atoms with Crippen molar-refractivity contribution >= 4 is 27.7 Å². The number of hydrogen-bond acceptors (Lipinski definition) is 3. The number of hydrogen-bond donors (Lipinski definition) is 0. The SMILES string of the molecule is Cc1ccc(Sc2cncc(Br)c2)cn1. The summed E-state index contributed by atoms with van der Waals surface area (Å²) in [4.78, 5) is 10.6. The molecule has 0 aliphatic carbocycles. The maximum absolute atomic E-state index is 4.24.